The third-order valence-corrected chi connectivity index (χ3v) is 2.91. The van der Waals surface area contributed by atoms with Crippen LogP contribution in [0.4, 0.5) is 0 Å². The molecule has 0 heterocycles. The minimum absolute atomic E-state index is 0.137. The van der Waals surface area contributed by atoms with Gasteiger partial charge >= 0.3 is 0 Å². The number of unbranched alkanes of at least 4 members (excludes halogenated alkanes) is 1. The van der Waals surface area contributed by atoms with Gasteiger partial charge in [0.05, 0.1) is 13.7 Å². The fraction of sp³-hybridized carbons (Fsp3) is 0.625. The molecule has 0 amide bonds. The Kier molecular flexibility index (Phi) is 8.07. The molecule has 4 heteroatoms. The van der Waals surface area contributed by atoms with Gasteiger partial charge in [-0.15, -0.1) is 0 Å². The molecule has 1 unspecified atom stereocenters. The highest BCUT2D eigenvalue weighted by Crippen LogP contribution is 2.28. The van der Waals surface area contributed by atoms with E-state index in [1.807, 2.05) is 25.1 Å². The van der Waals surface area contributed by atoms with Gasteiger partial charge in [-0.25, -0.2) is 0 Å². The predicted octanol–water partition coefficient (Wildman–Crippen LogP) is 2.78. The first-order valence-electron chi connectivity index (χ1n) is 7.30. The van der Waals surface area contributed by atoms with Crippen LogP contribution in [-0.2, 0) is 11.2 Å². The monoisotopic (exact) mass is 281 g/mol. The van der Waals surface area contributed by atoms with Crippen LogP contribution in [0.3, 0.4) is 0 Å². The molecular formula is C16H27NO3. The Balaban J connectivity index is 2.44. The Morgan fingerprint density at radius 3 is 2.60 bits per heavy atom. The molecule has 0 saturated heterocycles. The first kappa shape index (κ1) is 16.8. The first-order chi connectivity index (χ1) is 9.67. The smallest absolute Gasteiger partial charge is 0.161 e. The summed E-state index contributed by atoms with van der Waals surface area (Å²) in [6.07, 6.45) is 3.07. The molecule has 0 saturated carbocycles. The van der Waals surface area contributed by atoms with Crippen LogP contribution in [-0.4, -0.2) is 33.0 Å². The lowest BCUT2D eigenvalue weighted by molar-refractivity contribution is 0.0970. The van der Waals surface area contributed by atoms with Gasteiger partial charge < -0.3 is 19.9 Å². The summed E-state index contributed by atoms with van der Waals surface area (Å²) in [5.41, 5.74) is 6.96. The van der Waals surface area contributed by atoms with Crippen LogP contribution in [0, 0.1) is 0 Å². The van der Waals surface area contributed by atoms with Crippen molar-refractivity contribution in [2.75, 3.05) is 26.9 Å². The number of hydrogen-bond acceptors (Lipinski definition) is 4. The molecule has 1 atom stereocenters. The highest BCUT2D eigenvalue weighted by molar-refractivity contribution is 5.43. The van der Waals surface area contributed by atoms with Crippen LogP contribution >= 0.6 is 0 Å². The second-order valence-corrected chi connectivity index (χ2v) is 4.98. The van der Waals surface area contributed by atoms with E-state index in [2.05, 4.69) is 6.92 Å². The second-order valence-electron chi connectivity index (χ2n) is 4.98. The van der Waals surface area contributed by atoms with Crippen molar-refractivity contribution in [1.29, 1.82) is 0 Å². The van der Waals surface area contributed by atoms with E-state index in [-0.39, 0.29) is 6.04 Å². The van der Waals surface area contributed by atoms with Gasteiger partial charge in [-0.2, -0.15) is 0 Å². The van der Waals surface area contributed by atoms with Gasteiger partial charge in [0.1, 0.15) is 6.61 Å². The van der Waals surface area contributed by atoms with Crippen molar-refractivity contribution in [3.8, 4) is 11.5 Å². The van der Waals surface area contributed by atoms with Crippen molar-refractivity contribution in [2.45, 2.75) is 39.2 Å². The van der Waals surface area contributed by atoms with Crippen LogP contribution < -0.4 is 15.2 Å². The molecule has 114 valence electrons. The van der Waals surface area contributed by atoms with Crippen LogP contribution in [0.25, 0.3) is 0 Å². The van der Waals surface area contributed by atoms with Crippen LogP contribution in [0.5, 0.6) is 11.5 Å². The molecule has 0 aromatic heterocycles. The fourth-order valence-electron chi connectivity index (χ4n) is 1.89. The lowest BCUT2D eigenvalue weighted by atomic mass is 10.1. The molecule has 0 aliphatic rings. The van der Waals surface area contributed by atoms with Gasteiger partial charge in [0.15, 0.2) is 11.5 Å². The van der Waals surface area contributed by atoms with Gasteiger partial charge in [0.2, 0.25) is 0 Å². The number of ether oxygens (including phenoxy) is 3. The minimum Gasteiger partial charge on any atom is -0.493 e. The summed E-state index contributed by atoms with van der Waals surface area (Å²) in [6.45, 7) is 6.07. The zero-order valence-electron chi connectivity index (χ0n) is 12.9. The van der Waals surface area contributed by atoms with E-state index in [1.54, 1.807) is 7.11 Å². The first-order valence-corrected chi connectivity index (χ1v) is 7.30. The van der Waals surface area contributed by atoms with Crippen molar-refractivity contribution in [1.82, 2.24) is 0 Å². The minimum atomic E-state index is 0.137. The molecule has 1 rings (SSSR count). The summed E-state index contributed by atoms with van der Waals surface area (Å²) >= 11 is 0. The molecule has 0 fully saturated rings. The van der Waals surface area contributed by atoms with E-state index in [0.29, 0.717) is 13.2 Å². The normalized spacial score (nSPS) is 12.2. The lowest BCUT2D eigenvalue weighted by Gasteiger charge is -2.13. The Morgan fingerprint density at radius 2 is 1.95 bits per heavy atom. The van der Waals surface area contributed by atoms with Crippen molar-refractivity contribution in [3.05, 3.63) is 23.8 Å². The van der Waals surface area contributed by atoms with E-state index in [0.717, 1.165) is 42.9 Å². The topological polar surface area (TPSA) is 53.7 Å². The summed E-state index contributed by atoms with van der Waals surface area (Å²) in [4.78, 5) is 0. The summed E-state index contributed by atoms with van der Waals surface area (Å²) in [5, 5.41) is 0. The van der Waals surface area contributed by atoms with E-state index < -0.39 is 0 Å². The Labute approximate surface area is 122 Å². The largest absolute Gasteiger partial charge is 0.493 e. The molecule has 20 heavy (non-hydrogen) atoms. The van der Waals surface area contributed by atoms with E-state index in [9.17, 15) is 0 Å². The molecule has 0 bridgehead atoms. The van der Waals surface area contributed by atoms with Crippen molar-refractivity contribution >= 4 is 0 Å². The third kappa shape index (κ3) is 6.26. The van der Waals surface area contributed by atoms with Gasteiger partial charge in [-0.05, 0) is 37.5 Å². The van der Waals surface area contributed by atoms with Gasteiger partial charge in [-0.3, -0.25) is 0 Å². The standard InChI is InChI=1S/C16H27NO3/c1-4-5-8-19-9-10-20-15-7-6-14(11-13(2)17)12-16(15)18-3/h6-7,12-13H,4-5,8-11,17H2,1-3H3. The van der Waals surface area contributed by atoms with Gasteiger partial charge in [0, 0.05) is 12.6 Å². The van der Waals surface area contributed by atoms with E-state index in [4.69, 9.17) is 19.9 Å². The fourth-order valence-corrected chi connectivity index (χ4v) is 1.89. The van der Waals surface area contributed by atoms with Crippen molar-refractivity contribution < 1.29 is 14.2 Å². The SMILES string of the molecule is CCCCOCCOc1ccc(CC(C)N)cc1OC. The lowest BCUT2D eigenvalue weighted by Crippen LogP contribution is -2.17. The van der Waals surface area contributed by atoms with Crippen LogP contribution in [0.1, 0.15) is 32.3 Å². The second kappa shape index (κ2) is 9.61. The maximum atomic E-state index is 5.80. The summed E-state index contributed by atoms with van der Waals surface area (Å²) in [5.74, 6) is 1.50. The number of hydrogen-bond donors (Lipinski definition) is 1. The predicted molar refractivity (Wildman–Crippen MR) is 81.6 cm³/mol. The van der Waals surface area contributed by atoms with Crippen LogP contribution in [0.2, 0.25) is 0 Å². The van der Waals surface area contributed by atoms with Gasteiger partial charge in [0.25, 0.3) is 0 Å². The molecule has 2 N–H and O–H groups in total. The molecule has 0 aliphatic carbocycles. The average molecular weight is 281 g/mol. The highest BCUT2D eigenvalue weighted by Gasteiger charge is 2.07. The molecule has 1 aromatic carbocycles. The quantitative estimate of drug-likeness (QED) is 0.670. The molecule has 1 aromatic rings. The Morgan fingerprint density at radius 1 is 1.15 bits per heavy atom. The maximum absolute atomic E-state index is 5.80. The zero-order valence-corrected chi connectivity index (χ0v) is 12.9. The van der Waals surface area contributed by atoms with Crippen molar-refractivity contribution in [3.63, 3.8) is 0 Å². The average Bonchev–Trinajstić information content (AvgIpc) is 2.43. The molecule has 0 radical (unpaired) electrons. The van der Waals surface area contributed by atoms with Crippen LogP contribution in [0.15, 0.2) is 18.2 Å². The van der Waals surface area contributed by atoms with Gasteiger partial charge in [-0.1, -0.05) is 19.4 Å². The zero-order chi connectivity index (χ0) is 14.8. The summed E-state index contributed by atoms with van der Waals surface area (Å²) in [6, 6.07) is 6.08. The maximum Gasteiger partial charge on any atom is 0.161 e. The number of rotatable bonds is 10. The van der Waals surface area contributed by atoms with E-state index >= 15 is 0 Å². The van der Waals surface area contributed by atoms with Crippen molar-refractivity contribution in [2.24, 2.45) is 5.73 Å². The highest BCUT2D eigenvalue weighted by atomic mass is 16.5. The number of benzene rings is 1. The third-order valence-electron chi connectivity index (χ3n) is 2.91. The molecular weight excluding hydrogens is 254 g/mol. The summed E-state index contributed by atoms with van der Waals surface area (Å²) in [7, 11) is 1.65. The Hall–Kier alpha value is -1.26. The van der Waals surface area contributed by atoms with E-state index in [1.165, 1.54) is 0 Å². The Bertz CT molecular complexity index is 380. The molecule has 0 spiro atoms. The molecule has 4 nitrogen and oxygen atoms in total. The number of nitrogens with two attached hydrogens (primary N) is 1. The summed E-state index contributed by atoms with van der Waals surface area (Å²) < 4.78 is 16.5. The molecule has 0 aliphatic heterocycles. The number of methoxy groups -OCH3 is 1.